The highest BCUT2D eigenvalue weighted by atomic mass is 16.5. The van der Waals surface area contributed by atoms with Crippen molar-refractivity contribution >= 4 is 10.9 Å². The van der Waals surface area contributed by atoms with E-state index in [9.17, 15) is 0 Å². The van der Waals surface area contributed by atoms with E-state index in [-0.39, 0.29) is 0 Å². The van der Waals surface area contributed by atoms with Crippen LogP contribution in [0.5, 0.6) is 11.6 Å². The highest BCUT2D eigenvalue weighted by molar-refractivity contribution is 5.79. The Morgan fingerprint density at radius 2 is 2.00 bits per heavy atom. The Bertz CT molecular complexity index is 714. The molecule has 1 aromatic carbocycles. The number of aromatic nitrogens is 3. The van der Waals surface area contributed by atoms with E-state index in [2.05, 4.69) is 15.0 Å². The van der Waals surface area contributed by atoms with Crippen molar-refractivity contribution in [3.8, 4) is 11.6 Å². The summed E-state index contributed by atoms with van der Waals surface area (Å²) in [5.74, 6) is 1.04. The minimum atomic E-state index is 0.334. The maximum atomic E-state index is 5.64. The van der Waals surface area contributed by atoms with Crippen LogP contribution in [0.2, 0.25) is 0 Å². The molecule has 2 N–H and O–H groups in total. The number of hydrogen-bond acceptors (Lipinski definition) is 5. The number of para-hydroxylation sites is 1. The molecule has 0 amide bonds. The quantitative estimate of drug-likeness (QED) is 0.774. The molecule has 0 radical (unpaired) electrons. The van der Waals surface area contributed by atoms with E-state index in [4.69, 9.17) is 10.5 Å². The van der Waals surface area contributed by atoms with Gasteiger partial charge in [0.25, 0.3) is 0 Å². The molecule has 0 bridgehead atoms. The number of benzene rings is 1. The lowest BCUT2D eigenvalue weighted by Gasteiger charge is -2.06. The minimum absolute atomic E-state index is 0.334. The SMILES string of the molecule is NCc1cncc(Oc2cnc3ccccc3c2)n1. The maximum absolute atomic E-state index is 5.64. The molecule has 3 rings (SSSR count). The third-order valence-electron chi connectivity index (χ3n) is 2.66. The molecule has 5 nitrogen and oxygen atoms in total. The summed E-state index contributed by atoms with van der Waals surface area (Å²) in [6.07, 6.45) is 4.83. The minimum Gasteiger partial charge on any atom is -0.436 e. The van der Waals surface area contributed by atoms with Gasteiger partial charge >= 0.3 is 0 Å². The van der Waals surface area contributed by atoms with Crippen molar-refractivity contribution < 1.29 is 4.74 Å². The largest absolute Gasteiger partial charge is 0.436 e. The Kier molecular flexibility index (Phi) is 3.04. The molecule has 3 aromatic rings. The first-order valence-corrected chi connectivity index (χ1v) is 5.89. The summed E-state index contributed by atoms with van der Waals surface area (Å²) in [4.78, 5) is 12.6. The summed E-state index contributed by atoms with van der Waals surface area (Å²) >= 11 is 0. The maximum Gasteiger partial charge on any atom is 0.238 e. The third kappa shape index (κ3) is 2.51. The zero-order valence-corrected chi connectivity index (χ0v) is 10.2. The first-order valence-electron chi connectivity index (χ1n) is 5.89. The number of fused-ring (bicyclic) bond motifs is 1. The van der Waals surface area contributed by atoms with Gasteiger partial charge < -0.3 is 10.5 Å². The van der Waals surface area contributed by atoms with E-state index >= 15 is 0 Å². The number of nitrogens with zero attached hydrogens (tertiary/aromatic N) is 3. The molecule has 19 heavy (non-hydrogen) atoms. The molecule has 2 aromatic heterocycles. The number of nitrogens with two attached hydrogens (primary N) is 1. The van der Waals surface area contributed by atoms with Crippen LogP contribution in [0.4, 0.5) is 0 Å². The van der Waals surface area contributed by atoms with E-state index in [1.165, 1.54) is 0 Å². The van der Waals surface area contributed by atoms with Gasteiger partial charge in [-0.25, -0.2) is 4.98 Å². The fourth-order valence-corrected chi connectivity index (χ4v) is 1.76. The average Bonchev–Trinajstić information content (AvgIpc) is 2.47. The predicted molar refractivity (Wildman–Crippen MR) is 71.7 cm³/mol. The summed E-state index contributed by atoms with van der Waals surface area (Å²) in [5.41, 5.74) is 7.13. The van der Waals surface area contributed by atoms with Gasteiger partial charge in [-0.2, -0.15) is 0 Å². The zero-order chi connectivity index (χ0) is 13.1. The van der Waals surface area contributed by atoms with Crippen molar-refractivity contribution in [2.75, 3.05) is 0 Å². The summed E-state index contributed by atoms with van der Waals surface area (Å²) in [6, 6.07) is 9.76. The van der Waals surface area contributed by atoms with E-state index < -0.39 is 0 Å². The highest BCUT2D eigenvalue weighted by Gasteiger charge is 2.02. The molecule has 5 heteroatoms. The van der Waals surface area contributed by atoms with Crippen molar-refractivity contribution in [2.45, 2.75) is 6.54 Å². The molecule has 0 aliphatic heterocycles. The van der Waals surface area contributed by atoms with Gasteiger partial charge in [0.15, 0.2) is 0 Å². The fraction of sp³-hybridized carbons (Fsp3) is 0.0714. The molecule has 0 spiro atoms. The molecule has 0 saturated heterocycles. The van der Waals surface area contributed by atoms with Gasteiger partial charge in [-0.05, 0) is 12.1 Å². The van der Waals surface area contributed by atoms with E-state index in [1.807, 2.05) is 30.3 Å². The molecule has 0 fully saturated rings. The predicted octanol–water partition coefficient (Wildman–Crippen LogP) is 2.28. The van der Waals surface area contributed by atoms with E-state index in [0.29, 0.717) is 23.9 Å². The van der Waals surface area contributed by atoms with Gasteiger partial charge in [0, 0.05) is 18.1 Å². The van der Waals surface area contributed by atoms with Crippen LogP contribution in [0, 0.1) is 0 Å². The van der Waals surface area contributed by atoms with Crippen LogP contribution < -0.4 is 10.5 Å². The summed E-state index contributed by atoms with van der Waals surface area (Å²) in [6.45, 7) is 0.334. The lowest BCUT2D eigenvalue weighted by molar-refractivity contribution is 0.456. The van der Waals surface area contributed by atoms with E-state index in [1.54, 1.807) is 18.6 Å². The highest BCUT2D eigenvalue weighted by Crippen LogP contribution is 2.22. The van der Waals surface area contributed by atoms with Crippen molar-refractivity contribution in [3.05, 3.63) is 54.6 Å². The molecule has 0 atom stereocenters. The monoisotopic (exact) mass is 252 g/mol. The van der Waals surface area contributed by atoms with Crippen molar-refractivity contribution in [1.29, 1.82) is 0 Å². The molecular weight excluding hydrogens is 240 g/mol. The topological polar surface area (TPSA) is 73.9 Å². The normalized spacial score (nSPS) is 10.6. The first-order chi connectivity index (χ1) is 9.35. The van der Waals surface area contributed by atoms with Gasteiger partial charge in [-0.1, -0.05) is 18.2 Å². The van der Waals surface area contributed by atoms with Crippen LogP contribution in [0.25, 0.3) is 10.9 Å². The molecule has 0 saturated carbocycles. The second-order valence-electron chi connectivity index (χ2n) is 4.02. The first kappa shape index (κ1) is 11.6. The standard InChI is InChI=1S/C14H12N4O/c15-6-11-7-16-9-14(18-11)19-12-5-10-3-1-2-4-13(10)17-8-12/h1-5,7-9H,6,15H2. The number of ether oxygens (including phenoxy) is 1. The van der Waals surface area contributed by atoms with Gasteiger partial charge in [-0.3, -0.25) is 9.97 Å². The Morgan fingerprint density at radius 3 is 2.89 bits per heavy atom. The van der Waals surface area contributed by atoms with Crippen molar-refractivity contribution in [2.24, 2.45) is 5.73 Å². The second kappa shape index (κ2) is 4.99. The van der Waals surface area contributed by atoms with Crippen molar-refractivity contribution in [3.63, 3.8) is 0 Å². The number of pyridine rings is 1. The average molecular weight is 252 g/mol. The third-order valence-corrected chi connectivity index (χ3v) is 2.66. The van der Waals surface area contributed by atoms with Crippen molar-refractivity contribution in [1.82, 2.24) is 15.0 Å². The van der Waals surface area contributed by atoms with Crippen LogP contribution in [-0.2, 0) is 6.54 Å². The van der Waals surface area contributed by atoms with Crippen LogP contribution in [0.15, 0.2) is 48.9 Å². The summed E-state index contributed by atoms with van der Waals surface area (Å²) < 4.78 is 5.64. The van der Waals surface area contributed by atoms with Crippen LogP contribution in [0.3, 0.4) is 0 Å². The lowest BCUT2D eigenvalue weighted by atomic mass is 10.2. The van der Waals surface area contributed by atoms with Crippen LogP contribution in [0.1, 0.15) is 5.69 Å². The smallest absolute Gasteiger partial charge is 0.238 e. The summed E-state index contributed by atoms with van der Waals surface area (Å²) in [5, 5.41) is 1.02. The Hall–Kier alpha value is -2.53. The van der Waals surface area contributed by atoms with Gasteiger partial charge in [-0.15, -0.1) is 0 Å². The van der Waals surface area contributed by atoms with Gasteiger partial charge in [0.1, 0.15) is 5.75 Å². The Morgan fingerprint density at radius 1 is 1.11 bits per heavy atom. The lowest BCUT2D eigenvalue weighted by Crippen LogP contribution is -2.01. The molecule has 2 heterocycles. The Balaban J connectivity index is 1.92. The van der Waals surface area contributed by atoms with Gasteiger partial charge in [0.2, 0.25) is 5.88 Å². The Labute approximate surface area is 110 Å². The van der Waals surface area contributed by atoms with Crippen LogP contribution in [-0.4, -0.2) is 15.0 Å². The second-order valence-corrected chi connectivity index (χ2v) is 4.02. The van der Waals surface area contributed by atoms with E-state index in [0.717, 1.165) is 10.9 Å². The number of rotatable bonds is 3. The molecule has 94 valence electrons. The molecular formula is C14H12N4O. The van der Waals surface area contributed by atoms with Gasteiger partial charge in [0.05, 0.1) is 23.6 Å². The van der Waals surface area contributed by atoms with Crippen LogP contribution >= 0.6 is 0 Å². The fourth-order valence-electron chi connectivity index (χ4n) is 1.76. The molecule has 0 aliphatic carbocycles. The number of hydrogen-bond donors (Lipinski definition) is 1. The molecule has 0 unspecified atom stereocenters. The summed E-state index contributed by atoms with van der Waals surface area (Å²) in [7, 11) is 0. The zero-order valence-electron chi connectivity index (χ0n) is 10.2. The molecule has 0 aliphatic rings.